The number of nitrogens with zero attached hydrogens (tertiary/aromatic N) is 1. The van der Waals surface area contributed by atoms with Gasteiger partial charge in [-0.1, -0.05) is 49.6 Å². The van der Waals surface area contributed by atoms with Crippen molar-refractivity contribution in [2.24, 2.45) is 5.92 Å². The molecule has 0 amide bonds. The van der Waals surface area contributed by atoms with E-state index in [4.69, 9.17) is 0 Å². The predicted octanol–water partition coefficient (Wildman–Crippen LogP) is 4.05. The van der Waals surface area contributed by atoms with Gasteiger partial charge in [0.1, 0.15) is 5.78 Å². The van der Waals surface area contributed by atoms with Gasteiger partial charge in [-0.15, -0.1) is 0 Å². The minimum absolute atomic E-state index is 0.286. The van der Waals surface area contributed by atoms with Gasteiger partial charge in [-0.3, -0.25) is 4.79 Å². The van der Waals surface area contributed by atoms with Crippen molar-refractivity contribution < 1.29 is 4.79 Å². The second kappa shape index (κ2) is 7.22. The van der Waals surface area contributed by atoms with Crippen molar-refractivity contribution in [2.75, 3.05) is 20.6 Å². The molecular weight excluding hydrogens is 258 g/mol. The van der Waals surface area contributed by atoms with Crippen molar-refractivity contribution in [3.8, 4) is 0 Å². The van der Waals surface area contributed by atoms with Gasteiger partial charge < -0.3 is 4.90 Å². The zero-order chi connectivity index (χ0) is 15.3. The Morgan fingerprint density at radius 1 is 1.14 bits per heavy atom. The first kappa shape index (κ1) is 16.2. The molecule has 0 radical (unpaired) electrons. The Bertz CT molecular complexity index is 448. The Morgan fingerprint density at radius 3 is 2.29 bits per heavy atom. The summed E-state index contributed by atoms with van der Waals surface area (Å²) in [6, 6.07) is 10.5. The fraction of sp³-hybridized carbons (Fsp3) is 0.632. The van der Waals surface area contributed by atoms with Crippen molar-refractivity contribution in [2.45, 2.75) is 50.9 Å². The largest absolute Gasteiger partial charge is 0.309 e. The Morgan fingerprint density at radius 2 is 1.76 bits per heavy atom. The number of hydrogen-bond acceptors (Lipinski definition) is 2. The highest BCUT2D eigenvalue weighted by Gasteiger charge is 2.44. The molecule has 2 rings (SSSR count). The number of rotatable bonds is 6. The van der Waals surface area contributed by atoms with Crippen LogP contribution in [-0.4, -0.2) is 31.3 Å². The summed E-state index contributed by atoms with van der Waals surface area (Å²) in [6.07, 6.45) is 7.20. The third-order valence-electron chi connectivity index (χ3n) is 5.17. The van der Waals surface area contributed by atoms with E-state index in [1.807, 2.05) is 6.07 Å². The molecule has 1 aliphatic carbocycles. The van der Waals surface area contributed by atoms with Crippen LogP contribution in [0.25, 0.3) is 0 Å². The van der Waals surface area contributed by atoms with Crippen LogP contribution in [-0.2, 0) is 10.2 Å². The van der Waals surface area contributed by atoms with Gasteiger partial charge in [0, 0.05) is 0 Å². The van der Waals surface area contributed by atoms with E-state index in [2.05, 4.69) is 43.3 Å². The molecule has 0 aromatic heterocycles. The Labute approximate surface area is 129 Å². The van der Waals surface area contributed by atoms with E-state index in [-0.39, 0.29) is 5.41 Å². The Hall–Kier alpha value is -1.15. The lowest BCUT2D eigenvalue weighted by molar-refractivity contribution is -0.125. The second-order valence-corrected chi connectivity index (χ2v) is 6.78. The topological polar surface area (TPSA) is 20.3 Å². The molecule has 116 valence electrons. The van der Waals surface area contributed by atoms with E-state index in [1.54, 1.807) is 6.92 Å². The molecule has 21 heavy (non-hydrogen) atoms. The van der Waals surface area contributed by atoms with Crippen molar-refractivity contribution >= 4 is 5.78 Å². The molecule has 1 fully saturated rings. The normalized spacial score (nSPS) is 19.4. The lowest BCUT2D eigenvalue weighted by Crippen LogP contribution is -2.44. The first-order valence-corrected chi connectivity index (χ1v) is 8.28. The summed E-state index contributed by atoms with van der Waals surface area (Å²) in [5.41, 5.74) is 0.942. The van der Waals surface area contributed by atoms with Crippen molar-refractivity contribution in [3.05, 3.63) is 35.9 Å². The fourth-order valence-corrected chi connectivity index (χ4v) is 3.98. The van der Waals surface area contributed by atoms with Crippen LogP contribution >= 0.6 is 0 Å². The van der Waals surface area contributed by atoms with Gasteiger partial charge in [-0.05, 0) is 58.3 Å². The molecule has 0 N–H and O–H groups in total. The SMILES string of the molecule is CC(=O)[C@@](CCN(C)C)(c1ccccc1)C1CCCCC1. The van der Waals surface area contributed by atoms with Crippen LogP contribution in [0.4, 0.5) is 0 Å². The first-order valence-electron chi connectivity index (χ1n) is 8.28. The van der Waals surface area contributed by atoms with E-state index in [1.165, 1.54) is 37.7 Å². The molecule has 0 bridgehead atoms. The quantitative estimate of drug-likeness (QED) is 0.787. The number of carbonyl (C=O) groups is 1. The van der Waals surface area contributed by atoms with Crippen LogP contribution in [0.2, 0.25) is 0 Å². The molecule has 0 spiro atoms. The van der Waals surface area contributed by atoms with Gasteiger partial charge in [0.25, 0.3) is 0 Å². The van der Waals surface area contributed by atoms with Crippen LogP contribution < -0.4 is 0 Å². The molecular formula is C19H29NO. The molecule has 0 saturated heterocycles. The van der Waals surface area contributed by atoms with E-state index in [9.17, 15) is 4.79 Å². The summed E-state index contributed by atoms with van der Waals surface area (Å²) in [5, 5.41) is 0. The highest BCUT2D eigenvalue weighted by Crippen LogP contribution is 2.44. The van der Waals surface area contributed by atoms with Crippen LogP contribution in [0.3, 0.4) is 0 Å². The fourth-order valence-electron chi connectivity index (χ4n) is 3.98. The van der Waals surface area contributed by atoms with Crippen LogP contribution in [0.5, 0.6) is 0 Å². The minimum Gasteiger partial charge on any atom is -0.309 e. The van der Waals surface area contributed by atoms with E-state index in [0.717, 1.165) is 13.0 Å². The van der Waals surface area contributed by atoms with Gasteiger partial charge in [0.2, 0.25) is 0 Å². The number of ketones is 1. The number of carbonyl (C=O) groups excluding carboxylic acids is 1. The molecule has 1 atom stereocenters. The number of benzene rings is 1. The average Bonchev–Trinajstić information content (AvgIpc) is 2.49. The highest BCUT2D eigenvalue weighted by molar-refractivity contribution is 5.88. The van der Waals surface area contributed by atoms with E-state index >= 15 is 0 Å². The first-order chi connectivity index (χ1) is 10.1. The molecule has 1 aromatic carbocycles. The third-order valence-corrected chi connectivity index (χ3v) is 5.17. The molecule has 0 unspecified atom stereocenters. The van der Waals surface area contributed by atoms with E-state index in [0.29, 0.717) is 11.7 Å². The molecule has 0 aliphatic heterocycles. The zero-order valence-corrected chi connectivity index (χ0v) is 13.8. The molecule has 0 heterocycles. The Balaban J connectivity index is 2.40. The number of Topliss-reactive ketones (excluding diaryl/α,β-unsaturated/α-hetero) is 1. The van der Waals surface area contributed by atoms with Gasteiger partial charge >= 0.3 is 0 Å². The maximum absolute atomic E-state index is 12.8. The maximum atomic E-state index is 12.8. The monoisotopic (exact) mass is 287 g/mol. The standard InChI is InChI=1S/C19H29NO/c1-16(21)19(14-15-20(2)3,17-10-6-4-7-11-17)18-12-8-5-9-13-18/h4,6-7,10-11,18H,5,8-9,12-15H2,1-3H3/t19-/m0/s1. The van der Waals surface area contributed by atoms with Crippen LogP contribution in [0, 0.1) is 5.92 Å². The zero-order valence-electron chi connectivity index (χ0n) is 13.8. The summed E-state index contributed by atoms with van der Waals surface area (Å²) in [5.74, 6) is 0.855. The number of hydrogen-bond donors (Lipinski definition) is 0. The summed E-state index contributed by atoms with van der Waals surface area (Å²) in [6.45, 7) is 2.77. The lowest BCUT2D eigenvalue weighted by atomic mass is 9.61. The van der Waals surface area contributed by atoms with Crippen molar-refractivity contribution in [1.29, 1.82) is 0 Å². The third kappa shape index (κ3) is 3.55. The van der Waals surface area contributed by atoms with Gasteiger partial charge in [-0.2, -0.15) is 0 Å². The predicted molar refractivity (Wildman–Crippen MR) is 88.5 cm³/mol. The smallest absolute Gasteiger partial charge is 0.140 e. The van der Waals surface area contributed by atoms with Crippen molar-refractivity contribution in [3.63, 3.8) is 0 Å². The minimum atomic E-state index is -0.286. The summed E-state index contributed by atoms with van der Waals surface area (Å²) in [7, 11) is 4.19. The molecule has 1 aliphatic rings. The van der Waals surface area contributed by atoms with Crippen LogP contribution in [0.1, 0.15) is 51.0 Å². The summed E-state index contributed by atoms with van der Waals surface area (Å²) >= 11 is 0. The molecule has 1 aromatic rings. The summed E-state index contributed by atoms with van der Waals surface area (Å²) < 4.78 is 0. The van der Waals surface area contributed by atoms with Gasteiger partial charge in [0.05, 0.1) is 5.41 Å². The van der Waals surface area contributed by atoms with E-state index < -0.39 is 0 Å². The molecule has 2 nitrogen and oxygen atoms in total. The highest BCUT2D eigenvalue weighted by atomic mass is 16.1. The maximum Gasteiger partial charge on any atom is 0.140 e. The Kier molecular flexibility index (Phi) is 5.58. The van der Waals surface area contributed by atoms with Crippen molar-refractivity contribution in [1.82, 2.24) is 4.90 Å². The van der Waals surface area contributed by atoms with Gasteiger partial charge in [0.15, 0.2) is 0 Å². The lowest BCUT2D eigenvalue weighted by Gasteiger charge is -2.42. The second-order valence-electron chi connectivity index (χ2n) is 6.78. The summed E-state index contributed by atoms with van der Waals surface area (Å²) in [4.78, 5) is 15.0. The van der Waals surface area contributed by atoms with Crippen LogP contribution in [0.15, 0.2) is 30.3 Å². The average molecular weight is 287 g/mol. The molecule has 1 saturated carbocycles. The van der Waals surface area contributed by atoms with Gasteiger partial charge in [-0.25, -0.2) is 0 Å². The molecule has 2 heteroatoms.